The lowest BCUT2D eigenvalue weighted by Gasteiger charge is -2.39. The number of methoxy groups -OCH3 is 1. The van der Waals surface area contributed by atoms with Crippen molar-refractivity contribution in [3.8, 4) is 17.6 Å². The third-order valence-electron chi connectivity index (χ3n) is 7.40. The van der Waals surface area contributed by atoms with Gasteiger partial charge in [-0.05, 0) is 74.4 Å². The molecule has 0 atom stereocenters. The van der Waals surface area contributed by atoms with E-state index in [0.29, 0.717) is 38.4 Å². The standard InChI is InChI=1S/C29H30F3N3O3/c1-19-18-33-26-8-7-22(38-2)17-24(26)23(19)6-3-9-29(28(36)34-37)10-13-35(14-11-29)12-4-5-20-15-21(30)16-25(31)27(20)32/h7-8,15-18,37H,3,6,9-14H2,1-2H3,(H,34,36). The Bertz CT molecular complexity index is 1390. The van der Waals surface area contributed by atoms with Crippen LogP contribution in [0.3, 0.4) is 0 Å². The zero-order valence-electron chi connectivity index (χ0n) is 21.4. The number of hydrogen-bond donors (Lipinski definition) is 2. The first kappa shape index (κ1) is 27.4. The van der Waals surface area contributed by atoms with Crippen molar-refractivity contribution in [2.45, 2.75) is 39.0 Å². The maximum Gasteiger partial charge on any atom is 0.249 e. The highest BCUT2D eigenvalue weighted by Crippen LogP contribution is 2.37. The van der Waals surface area contributed by atoms with E-state index < -0.39 is 28.8 Å². The fraction of sp³-hybridized carbons (Fsp3) is 0.379. The summed E-state index contributed by atoms with van der Waals surface area (Å²) in [7, 11) is 1.62. The normalized spacial score (nSPS) is 15.1. The van der Waals surface area contributed by atoms with E-state index in [1.54, 1.807) is 7.11 Å². The third kappa shape index (κ3) is 5.93. The number of fused-ring (bicyclic) bond motifs is 1. The van der Waals surface area contributed by atoms with Crippen molar-refractivity contribution < 1.29 is 27.9 Å². The minimum absolute atomic E-state index is 0.262. The zero-order chi connectivity index (χ0) is 27.3. The highest BCUT2D eigenvalue weighted by molar-refractivity contribution is 5.84. The van der Waals surface area contributed by atoms with Crippen LogP contribution in [-0.2, 0) is 11.2 Å². The van der Waals surface area contributed by atoms with Gasteiger partial charge in [-0.25, -0.2) is 18.7 Å². The smallest absolute Gasteiger partial charge is 0.249 e. The van der Waals surface area contributed by atoms with E-state index in [2.05, 4.69) is 16.8 Å². The number of carbonyl (C=O) groups is 1. The van der Waals surface area contributed by atoms with E-state index in [0.717, 1.165) is 46.7 Å². The molecular formula is C29H30F3N3O3. The fourth-order valence-electron chi connectivity index (χ4n) is 5.13. The fourth-order valence-corrected chi connectivity index (χ4v) is 5.13. The third-order valence-corrected chi connectivity index (χ3v) is 7.40. The second kappa shape index (κ2) is 11.8. The first-order valence-electron chi connectivity index (χ1n) is 12.5. The average molecular weight is 526 g/mol. The predicted octanol–water partition coefficient (Wildman–Crippen LogP) is 4.93. The number of nitrogens with one attached hydrogen (secondary N) is 1. The van der Waals surface area contributed by atoms with Crippen LogP contribution in [0.4, 0.5) is 13.2 Å². The van der Waals surface area contributed by atoms with Gasteiger partial charge in [0.1, 0.15) is 11.6 Å². The number of rotatable bonds is 7. The van der Waals surface area contributed by atoms with Crippen LogP contribution in [0.15, 0.2) is 36.5 Å². The van der Waals surface area contributed by atoms with E-state index in [1.807, 2.05) is 41.7 Å². The first-order valence-corrected chi connectivity index (χ1v) is 12.5. The summed E-state index contributed by atoms with van der Waals surface area (Å²) in [6.45, 7) is 3.35. The molecule has 6 nitrogen and oxygen atoms in total. The van der Waals surface area contributed by atoms with Gasteiger partial charge in [0.25, 0.3) is 0 Å². The predicted molar refractivity (Wildman–Crippen MR) is 137 cm³/mol. The van der Waals surface area contributed by atoms with Gasteiger partial charge in [0, 0.05) is 30.7 Å². The highest BCUT2D eigenvalue weighted by Gasteiger charge is 2.40. The summed E-state index contributed by atoms with van der Waals surface area (Å²) < 4.78 is 46.0. The number of carbonyl (C=O) groups excluding carboxylic acids is 1. The quantitative estimate of drug-likeness (QED) is 0.198. The molecule has 0 unspecified atom stereocenters. The molecule has 4 rings (SSSR count). The molecule has 0 radical (unpaired) electrons. The Labute approximate surface area is 219 Å². The summed E-state index contributed by atoms with van der Waals surface area (Å²) in [6.07, 6.45) is 4.92. The van der Waals surface area contributed by atoms with Crippen LogP contribution in [0, 0.1) is 41.6 Å². The Morgan fingerprint density at radius 1 is 1.21 bits per heavy atom. The number of pyridine rings is 1. The number of benzene rings is 2. The van der Waals surface area contributed by atoms with E-state index in [1.165, 1.54) is 0 Å². The van der Waals surface area contributed by atoms with Crippen LogP contribution in [-0.4, -0.2) is 47.7 Å². The number of nitrogens with zero attached hydrogens (tertiary/aromatic N) is 2. The van der Waals surface area contributed by atoms with Crippen LogP contribution >= 0.6 is 0 Å². The van der Waals surface area contributed by atoms with Crippen LogP contribution in [0.2, 0.25) is 0 Å². The maximum atomic E-state index is 13.8. The lowest BCUT2D eigenvalue weighted by atomic mass is 9.73. The first-order chi connectivity index (χ1) is 18.3. The number of likely N-dealkylation sites (tertiary alicyclic amines) is 1. The summed E-state index contributed by atoms with van der Waals surface area (Å²) in [5.74, 6) is 2.28. The van der Waals surface area contributed by atoms with Crippen LogP contribution in [0.25, 0.3) is 10.9 Å². The molecule has 0 spiro atoms. The van der Waals surface area contributed by atoms with Crippen molar-refractivity contribution in [1.82, 2.24) is 15.4 Å². The summed E-state index contributed by atoms with van der Waals surface area (Å²) in [4.78, 5) is 19.3. The maximum absolute atomic E-state index is 13.8. The van der Waals surface area contributed by atoms with Gasteiger partial charge in [-0.15, -0.1) is 0 Å². The van der Waals surface area contributed by atoms with Gasteiger partial charge < -0.3 is 4.74 Å². The molecule has 2 N–H and O–H groups in total. The monoisotopic (exact) mass is 525 g/mol. The summed E-state index contributed by atoms with van der Waals surface area (Å²) in [5.41, 5.74) is 3.89. The lowest BCUT2D eigenvalue weighted by Crippen LogP contribution is -2.48. The molecular weight excluding hydrogens is 495 g/mol. The summed E-state index contributed by atoms with van der Waals surface area (Å²) in [5, 5.41) is 10.5. The van der Waals surface area contributed by atoms with Crippen molar-refractivity contribution in [2.24, 2.45) is 5.41 Å². The molecule has 9 heteroatoms. The number of ether oxygens (including phenoxy) is 1. The van der Waals surface area contributed by atoms with E-state index in [4.69, 9.17) is 4.74 Å². The van der Waals surface area contributed by atoms with Gasteiger partial charge in [0.15, 0.2) is 11.6 Å². The number of hydroxylamine groups is 1. The minimum atomic E-state index is -1.28. The molecule has 1 amide bonds. The van der Waals surface area contributed by atoms with Gasteiger partial charge in [0.05, 0.1) is 30.1 Å². The topological polar surface area (TPSA) is 74.7 Å². The van der Waals surface area contributed by atoms with Gasteiger partial charge in [0.2, 0.25) is 5.91 Å². The molecule has 200 valence electrons. The molecule has 0 bridgehead atoms. The van der Waals surface area contributed by atoms with Crippen molar-refractivity contribution in [1.29, 1.82) is 0 Å². The molecule has 1 aliphatic rings. The lowest BCUT2D eigenvalue weighted by molar-refractivity contribution is -0.143. The van der Waals surface area contributed by atoms with E-state index >= 15 is 0 Å². The number of aromatic nitrogens is 1. The average Bonchev–Trinajstić information content (AvgIpc) is 2.92. The minimum Gasteiger partial charge on any atom is -0.497 e. The molecule has 3 aromatic rings. The van der Waals surface area contributed by atoms with E-state index in [9.17, 15) is 23.2 Å². The van der Waals surface area contributed by atoms with Gasteiger partial charge in [-0.1, -0.05) is 11.8 Å². The second-order valence-corrected chi connectivity index (χ2v) is 9.70. The second-order valence-electron chi connectivity index (χ2n) is 9.70. The molecule has 0 saturated carbocycles. The van der Waals surface area contributed by atoms with Gasteiger partial charge >= 0.3 is 0 Å². The SMILES string of the molecule is COc1ccc2ncc(C)c(CCCC3(C(=O)NO)CCN(CC#Cc4cc(F)cc(F)c4F)CC3)c2c1. The molecule has 1 saturated heterocycles. The molecule has 2 aromatic carbocycles. The van der Waals surface area contributed by atoms with Crippen LogP contribution in [0.1, 0.15) is 42.4 Å². The molecule has 2 heterocycles. The number of piperidine rings is 1. The Kier molecular flexibility index (Phi) is 8.55. The van der Waals surface area contributed by atoms with Crippen molar-refractivity contribution in [3.05, 3.63) is 70.7 Å². The van der Waals surface area contributed by atoms with Crippen molar-refractivity contribution >= 4 is 16.8 Å². The van der Waals surface area contributed by atoms with Crippen LogP contribution in [0.5, 0.6) is 5.75 Å². The molecule has 1 fully saturated rings. The summed E-state index contributed by atoms with van der Waals surface area (Å²) >= 11 is 0. The number of amides is 1. The summed E-state index contributed by atoms with van der Waals surface area (Å²) in [6, 6.07) is 7.12. The largest absolute Gasteiger partial charge is 0.497 e. The Morgan fingerprint density at radius 2 is 1.97 bits per heavy atom. The van der Waals surface area contributed by atoms with E-state index in [-0.39, 0.29) is 12.1 Å². The van der Waals surface area contributed by atoms with Crippen molar-refractivity contribution in [2.75, 3.05) is 26.7 Å². The number of aryl methyl sites for hydroxylation is 2. The Morgan fingerprint density at radius 3 is 2.68 bits per heavy atom. The highest BCUT2D eigenvalue weighted by atomic mass is 19.2. The molecule has 38 heavy (non-hydrogen) atoms. The van der Waals surface area contributed by atoms with Crippen molar-refractivity contribution in [3.63, 3.8) is 0 Å². The molecule has 1 aliphatic heterocycles. The zero-order valence-corrected chi connectivity index (χ0v) is 21.4. The number of halogens is 3. The molecule has 0 aliphatic carbocycles. The number of hydrogen-bond acceptors (Lipinski definition) is 5. The molecule has 1 aromatic heterocycles. The Balaban J connectivity index is 1.41. The van der Waals surface area contributed by atoms with Gasteiger partial charge in [-0.2, -0.15) is 0 Å². The van der Waals surface area contributed by atoms with Crippen LogP contribution < -0.4 is 10.2 Å². The van der Waals surface area contributed by atoms with Gasteiger partial charge in [-0.3, -0.25) is 19.9 Å². The Hall–Kier alpha value is -3.61.